The Morgan fingerprint density at radius 3 is 2.56 bits per heavy atom. The second kappa shape index (κ2) is 4.45. The number of rotatable bonds is 2. The molecule has 2 nitrogen and oxygen atoms in total. The van der Waals surface area contributed by atoms with Crippen molar-refractivity contribution in [2.45, 2.75) is 20.5 Å². The molecule has 0 saturated carbocycles. The molecule has 0 aliphatic heterocycles. The molecule has 1 aromatic carbocycles. The van der Waals surface area contributed by atoms with Gasteiger partial charge in [0.25, 0.3) is 0 Å². The molecule has 2 rings (SSSR count). The predicted octanol–water partition coefficient (Wildman–Crippen LogP) is 2.86. The average molecular weight is 213 g/mol. The zero-order valence-corrected chi connectivity index (χ0v) is 9.57. The highest BCUT2D eigenvalue weighted by molar-refractivity contribution is 5.70. The van der Waals surface area contributed by atoms with Crippen LogP contribution in [0.5, 0.6) is 0 Å². The molecule has 1 aromatic heterocycles. The van der Waals surface area contributed by atoms with Crippen LogP contribution in [0.15, 0.2) is 36.5 Å². The van der Waals surface area contributed by atoms with Gasteiger partial charge in [0.2, 0.25) is 0 Å². The molecule has 2 aromatic rings. The van der Waals surface area contributed by atoms with Gasteiger partial charge in [0.05, 0.1) is 6.61 Å². The quantitative estimate of drug-likeness (QED) is 0.832. The van der Waals surface area contributed by atoms with Crippen molar-refractivity contribution < 1.29 is 5.11 Å². The van der Waals surface area contributed by atoms with E-state index in [1.54, 1.807) is 6.20 Å². The topological polar surface area (TPSA) is 33.1 Å². The number of aliphatic hydroxyl groups excluding tert-OH is 1. The van der Waals surface area contributed by atoms with E-state index in [0.29, 0.717) is 0 Å². The van der Waals surface area contributed by atoms with Crippen LogP contribution in [0.2, 0.25) is 0 Å². The molecule has 0 aliphatic rings. The average Bonchev–Trinajstić information content (AvgIpc) is 2.29. The monoisotopic (exact) mass is 213 g/mol. The van der Waals surface area contributed by atoms with Gasteiger partial charge in [0.1, 0.15) is 0 Å². The smallest absolute Gasteiger partial charge is 0.0702 e. The maximum atomic E-state index is 9.32. The van der Waals surface area contributed by atoms with E-state index < -0.39 is 0 Å². The molecule has 0 atom stereocenters. The lowest BCUT2D eigenvalue weighted by molar-refractivity contribution is 0.282. The second-order valence-electron chi connectivity index (χ2n) is 3.96. The summed E-state index contributed by atoms with van der Waals surface area (Å²) in [6.07, 6.45) is 1.75. The standard InChI is InChI=1S/C14H15NO/c1-10-5-3-4-6-13(10)14-7-11(2)15-8-12(14)9-16/h3-8,16H,9H2,1-2H3. The first kappa shape index (κ1) is 10.8. The van der Waals surface area contributed by atoms with Gasteiger partial charge in [-0.15, -0.1) is 0 Å². The van der Waals surface area contributed by atoms with Crippen LogP contribution < -0.4 is 0 Å². The first-order valence-corrected chi connectivity index (χ1v) is 5.34. The Morgan fingerprint density at radius 2 is 1.88 bits per heavy atom. The third-order valence-corrected chi connectivity index (χ3v) is 2.73. The SMILES string of the molecule is Cc1cc(-c2ccccc2C)c(CO)cn1. The molecule has 0 spiro atoms. The molecular formula is C14H15NO. The highest BCUT2D eigenvalue weighted by atomic mass is 16.3. The summed E-state index contributed by atoms with van der Waals surface area (Å²) in [4.78, 5) is 4.21. The number of pyridine rings is 1. The Kier molecular flexibility index (Phi) is 3.02. The van der Waals surface area contributed by atoms with E-state index in [2.05, 4.69) is 24.0 Å². The van der Waals surface area contributed by atoms with Crippen LogP contribution >= 0.6 is 0 Å². The summed E-state index contributed by atoms with van der Waals surface area (Å²) >= 11 is 0. The number of nitrogens with zero attached hydrogens (tertiary/aromatic N) is 1. The number of benzene rings is 1. The fraction of sp³-hybridized carbons (Fsp3) is 0.214. The van der Waals surface area contributed by atoms with Crippen LogP contribution in [0.25, 0.3) is 11.1 Å². The van der Waals surface area contributed by atoms with E-state index >= 15 is 0 Å². The Morgan fingerprint density at radius 1 is 1.12 bits per heavy atom. The van der Waals surface area contributed by atoms with Crippen molar-refractivity contribution in [2.24, 2.45) is 0 Å². The molecule has 1 N–H and O–H groups in total. The molecule has 16 heavy (non-hydrogen) atoms. The molecule has 0 fully saturated rings. The number of aromatic nitrogens is 1. The van der Waals surface area contributed by atoms with Crippen molar-refractivity contribution in [3.63, 3.8) is 0 Å². The lowest BCUT2D eigenvalue weighted by atomic mass is 9.97. The third-order valence-electron chi connectivity index (χ3n) is 2.73. The maximum absolute atomic E-state index is 9.32. The Balaban J connectivity index is 2.63. The highest BCUT2D eigenvalue weighted by Gasteiger charge is 2.07. The van der Waals surface area contributed by atoms with Gasteiger partial charge in [0.15, 0.2) is 0 Å². The summed E-state index contributed by atoms with van der Waals surface area (Å²) in [5, 5.41) is 9.32. The van der Waals surface area contributed by atoms with Crippen LogP contribution in [-0.2, 0) is 6.61 Å². The van der Waals surface area contributed by atoms with Gasteiger partial charge >= 0.3 is 0 Å². The zero-order valence-electron chi connectivity index (χ0n) is 9.57. The van der Waals surface area contributed by atoms with Crippen LogP contribution in [0.4, 0.5) is 0 Å². The minimum absolute atomic E-state index is 0.0247. The Labute approximate surface area is 95.6 Å². The lowest BCUT2D eigenvalue weighted by Gasteiger charge is -2.10. The van der Waals surface area contributed by atoms with Crippen LogP contribution in [0, 0.1) is 13.8 Å². The van der Waals surface area contributed by atoms with Crippen LogP contribution in [0.3, 0.4) is 0 Å². The van der Waals surface area contributed by atoms with Crippen LogP contribution in [0.1, 0.15) is 16.8 Å². The molecule has 0 radical (unpaired) electrons. The maximum Gasteiger partial charge on any atom is 0.0702 e. The minimum Gasteiger partial charge on any atom is -0.392 e. The van der Waals surface area contributed by atoms with Gasteiger partial charge in [-0.2, -0.15) is 0 Å². The van der Waals surface area contributed by atoms with Crippen molar-refractivity contribution >= 4 is 0 Å². The summed E-state index contributed by atoms with van der Waals surface area (Å²) < 4.78 is 0. The van der Waals surface area contributed by atoms with Crippen molar-refractivity contribution in [2.75, 3.05) is 0 Å². The molecule has 0 saturated heterocycles. The summed E-state index contributed by atoms with van der Waals surface area (Å²) in [5.74, 6) is 0. The van der Waals surface area contributed by atoms with Gasteiger partial charge in [-0.1, -0.05) is 24.3 Å². The number of aliphatic hydroxyl groups is 1. The first-order chi connectivity index (χ1) is 7.72. The Hall–Kier alpha value is -1.67. The van der Waals surface area contributed by atoms with E-state index in [1.165, 1.54) is 5.56 Å². The zero-order chi connectivity index (χ0) is 11.5. The van der Waals surface area contributed by atoms with E-state index in [4.69, 9.17) is 0 Å². The van der Waals surface area contributed by atoms with Gasteiger partial charge < -0.3 is 5.11 Å². The fourth-order valence-electron chi connectivity index (χ4n) is 1.84. The van der Waals surface area contributed by atoms with E-state index in [-0.39, 0.29) is 6.61 Å². The van der Waals surface area contributed by atoms with Gasteiger partial charge in [0, 0.05) is 17.5 Å². The summed E-state index contributed by atoms with van der Waals surface area (Å²) in [7, 11) is 0. The first-order valence-electron chi connectivity index (χ1n) is 5.34. The number of hydrogen-bond acceptors (Lipinski definition) is 2. The molecule has 0 unspecified atom stereocenters. The molecule has 82 valence electrons. The summed E-state index contributed by atoms with van der Waals surface area (Å²) in [5.41, 5.74) is 5.29. The largest absolute Gasteiger partial charge is 0.392 e. The number of hydrogen-bond donors (Lipinski definition) is 1. The molecule has 1 heterocycles. The Bertz CT molecular complexity index is 506. The van der Waals surface area contributed by atoms with Crippen molar-refractivity contribution in [1.82, 2.24) is 4.98 Å². The van der Waals surface area contributed by atoms with E-state index in [0.717, 1.165) is 22.4 Å². The van der Waals surface area contributed by atoms with Crippen molar-refractivity contribution in [3.8, 4) is 11.1 Å². The molecule has 0 aliphatic carbocycles. The highest BCUT2D eigenvalue weighted by Crippen LogP contribution is 2.26. The van der Waals surface area contributed by atoms with Gasteiger partial charge in [-0.25, -0.2) is 0 Å². The molecule has 0 amide bonds. The van der Waals surface area contributed by atoms with Gasteiger partial charge in [-0.05, 0) is 36.6 Å². The van der Waals surface area contributed by atoms with E-state index in [9.17, 15) is 5.11 Å². The van der Waals surface area contributed by atoms with Crippen molar-refractivity contribution in [3.05, 3.63) is 53.3 Å². The van der Waals surface area contributed by atoms with E-state index in [1.807, 2.05) is 25.1 Å². The molecule has 2 heteroatoms. The third kappa shape index (κ3) is 1.97. The molecular weight excluding hydrogens is 198 g/mol. The summed E-state index contributed by atoms with van der Waals surface area (Å²) in [6.45, 7) is 4.06. The van der Waals surface area contributed by atoms with Crippen molar-refractivity contribution in [1.29, 1.82) is 0 Å². The lowest BCUT2D eigenvalue weighted by Crippen LogP contribution is -1.94. The normalized spacial score (nSPS) is 10.4. The predicted molar refractivity (Wildman–Crippen MR) is 65.1 cm³/mol. The van der Waals surface area contributed by atoms with Gasteiger partial charge in [-0.3, -0.25) is 4.98 Å². The summed E-state index contributed by atoms with van der Waals surface area (Å²) in [6, 6.07) is 10.2. The number of aryl methyl sites for hydroxylation is 2. The van der Waals surface area contributed by atoms with Crippen LogP contribution in [-0.4, -0.2) is 10.1 Å². The molecule has 0 bridgehead atoms. The second-order valence-corrected chi connectivity index (χ2v) is 3.96. The fourth-order valence-corrected chi connectivity index (χ4v) is 1.84. The minimum atomic E-state index is 0.0247.